The van der Waals surface area contributed by atoms with Crippen LogP contribution in [0.25, 0.3) is 0 Å². The van der Waals surface area contributed by atoms with Gasteiger partial charge in [-0.05, 0) is 12.8 Å². The molecular formula is C9H21NO3. The summed E-state index contributed by atoms with van der Waals surface area (Å²) in [5, 5.41) is 1.51. The molecule has 0 atom stereocenters. The molecule has 0 saturated carbocycles. The van der Waals surface area contributed by atoms with Gasteiger partial charge >= 0.3 is 0 Å². The minimum atomic E-state index is 0.618. The number of rotatable bonds is 9. The summed E-state index contributed by atoms with van der Waals surface area (Å²) >= 11 is 0. The lowest BCUT2D eigenvalue weighted by atomic mass is 10.5. The van der Waals surface area contributed by atoms with Crippen molar-refractivity contribution in [1.29, 1.82) is 0 Å². The third kappa shape index (κ3) is 8.18. The Hall–Kier alpha value is -0.160. The number of ether oxygens (including phenoxy) is 1. The lowest BCUT2D eigenvalue weighted by molar-refractivity contribution is -0.370. The topological polar surface area (TPSA) is 30.9 Å². The fourth-order valence-corrected chi connectivity index (χ4v) is 0.718. The van der Waals surface area contributed by atoms with E-state index in [0.29, 0.717) is 26.4 Å². The molecule has 0 N–H and O–H groups in total. The zero-order valence-electron chi connectivity index (χ0n) is 8.91. The highest BCUT2D eigenvalue weighted by molar-refractivity contribution is 4.32. The summed E-state index contributed by atoms with van der Waals surface area (Å²) in [6, 6.07) is 0. The third-order valence-electron chi connectivity index (χ3n) is 1.36. The van der Waals surface area contributed by atoms with Gasteiger partial charge in [-0.3, -0.25) is 9.68 Å². The van der Waals surface area contributed by atoms with Crippen LogP contribution in [0.1, 0.15) is 26.7 Å². The Morgan fingerprint density at radius 1 is 0.923 bits per heavy atom. The smallest absolute Gasteiger partial charge is 0.0751 e. The summed E-state index contributed by atoms with van der Waals surface area (Å²) in [5.41, 5.74) is 0. The van der Waals surface area contributed by atoms with Crippen LogP contribution in [0.15, 0.2) is 0 Å². The molecule has 0 aromatic carbocycles. The molecular weight excluding hydrogens is 170 g/mol. The molecule has 0 spiro atoms. The summed E-state index contributed by atoms with van der Waals surface area (Å²) in [6.07, 6.45) is 1.97. The van der Waals surface area contributed by atoms with Gasteiger partial charge in [0.1, 0.15) is 0 Å². The fourth-order valence-electron chi connectivity index (χ4n) is 0.718. The van der Waals surface area contributed by atoms with E-state index in [2.05, 4.69) is 13.8 Å². The van der Waals surface area contributed by atoms with Crippen LogP contribution in [0.2, 0.25) is 0 Å². The molecule has 0 aromatic rings. The summed E-state index contributed by atoms with van der Waals surface area (Å²) in [5.74, 6) is 0. The van der Waals surface area contributed by atoms with Gasteiger partial charge in [-0.1, -0.05) is 19.1 Å². The summed E-state index contributed by atoms with van der Waals surface area (Å²) < 4.78 is 4.93. The normalized spacial score (nSPS) is 11.1. The zero-order valence-corrected chi connectivity index (χ0v) is 8.91. The van der Waals surface area contributed by atoms with Crippen molar-refractivity contribution in [2.75, 3.05) is 33.5 Å². The predicted octanol–water partition coefficient (Wildman–Crippen LogP) is 1.62. The molecule has 0 heterocycles. The minimum Gasteiger partial charge on any atom is -0.383 e. The number of hydrogen-bond acceptors (Lipinski definition) is 4. The average molecular weight is 191 g/mol. The van der Waals surface area contributed by atoms with Crippen LogP contribution in [0.4, 0.5) is 0 Å². The Morgan fingerprint density at radius 3 is 1.85 bits per heavy atom. The van der Waals surface area contributed by atoms with E-state index in [0.717, 1.165) is 12.8 Å². The van der Waals surface area contributed by atoms with Crippen LogP contribution in [0, 0.1) is 0 Å². The van der Waals surface area contributed by atoms with Gasteiger partial charge < -0.3 is 4.74 Å². The van der Waals surface area contributed by atoms with E-state index in [1.54, 1.807) is 7.11 Å². The molecule has 0 fully saturated rings. The van der Waals surface area contributed by atoms with Crippen molar-refractivity contribution >= 4 is 0 Å². The Balaban J connectivity index is 3.47. The van der Waals surface area contributed by atoms with Crippen LogP contribution in [0.3, 0.4) is 0 Å². The number of nitrogens with zero attached hydrogens (tertiary/aromatic N) is 1. The van der Waals surface area contributed by atoms with Crippen molar-refractivity contribution in [3.05, 3.63) is 0 Å². The predicted molar refractivity (Wildman–Crippen MR) is 51.1 cm³/mol. The Bertz CT molecular complexity index is 81.8. The van der Waals surface area contributed by atoms with Gasteiger partial charge in [0.25, 0.3) is 0 Å². The molecule has 0 aromatic heterocycles. The molecule has 0 aliphatic rings. The largest absolute Gasteiger partial charge is 0.383 e. The van der Waals surface area contributed by atoms with E-state index in [-0.39, 0.29) is 0 Å². The highest BCUT2D eigenvalue weighted by Crippen LogP contribution is 1.95. The second-order valence-electron chi connectivity index (χ2n) is 2.72. The standard InChI is InChI=1S/C9H21NO3/c1-4-7-12-10(6-9-11-3)13-8-5-2/h4-9H2,1-3H3. The van der Waals surface area contributed by atoms with E-state index in [4.69, 9.17) is 14.4 Å². The second-order valence-corrected chi connectivity index (χ2v) is 2.72. The maximum absolute atomic E-state index is 5.33. The lowest BCUT2D eigenvalue weighted by Gasteiger charge is -2.19. The van der Waals surface area contributed by atoms with Crippen molar-refractivity contribution in [3.63, 3.8) is 0 Å². The van der Waals surface area contributed by atoms with Crippen LogP contribution in [-0.2, 0) is 14.4 Å². The van der Waals surface area contributed by atoms with Gasteiger partial charge in [-0.15, -0.1) is 0 Å². The van der Waals surface area contributed by atoms with E-state index in [1.165, 1.54) is 5.23 Å². The number of methoxy groups -OCH3 is 1. The Kier molecular flexibility index (Phi) is 9.80. The molecule has 13 heavy (non-hydrogen) atoms. The van der Waals surface area contributed by atoms with Crippen LogP contribution < -0.4 is 0 Å². The molecule has 4 heteroatoms. The molecule has 0 rings (SSSR count). The zero-order chi connectivity index (χ0) is 9.94. The molecule has 0 saturated heterocycles. The van der Waals surface area contributed by atoms with Gasteiger partial charge in [-0.25, -0.2) is 0 Å². The van der Waals surface area contributed by atoms with Crippen molar-refractivity contribution in [1.82, 2.24) is 5.23 Å². The average Bonchev–Trinajstić information content (AvgIpc) is 2.17. The highest BCUT2D eigenvalue weighted by Gasteiger charge is 2.03. The van der Waals surface area contributed by atoms with Crippen LogP contribution in [0.5, 0.6) is 0 Å². The maximum Gasteiger partial charge on any atom is 0.0751 e. The first kappa shape index (κ1) is 12.8. The Labute approximate surface area is 80.7 Å². The van der Waals surface area contributed by atoms with E-state index in [1.807, 2.05) is 0 Å². The SMILES string of the molecule is CCCON(CCOC)OCCC. The Morgan fingerprint density at radius 2 is 1.46 bits per heavy atom. The maximum atomic E-state index is 5.33. The molecule has 0 bridgehead atoms. The second kappa shape index (κ2) is 9.92. The number of hydrogen-bond donors (Lipinski definition) is 0. The monoisotopic (exact) mass is 191 g/mol. The van der Waals surface area contributed by atoms with Gasteiger partial charge in [0.05, 0.1) is 26.4 Å². The molecule has 80 valence electrons. The first-order valence-electron chi connectivity index (χ1n) is 4.87. The van der Waals surface area contributed by atoms with Crippen molar-refractivity contribution in [2.24, 2.45) is 0 Å². The van der Waals surface area contributed by atoms with E-state index >= 15 is 0 Å². The van der Waals surface area contributed by atoms with Crippen molar-refractivity contribution in [2.45, 2.75) is 26.7 Å². The molecule has 0 aliphatic heterocycles. The number of hydroxylamine groups is 2. The fraction of sp³-hybridized carbons (Fsp3) is 1.00. The lowest BCUT2D eigenvalue weighted by Crippen LogP contribution is -2.28. The van der Waals surface area contributed by atoms with Crippen LogP contribution >= 0.6 is 0 Å². The summed E-state index contributed by atoms with van der Waals surface area (Å²) in [4.78, 5) is 10.7. The molecule has 4 nitrogen and oxygen atoms in total. The molecule has 0 unspecified atom stereocenters. The first-order chi connectivity index (χ1) is 6.35. The van der Waals surface area contributed by atoms with E-state index in [9.17, 15) is 0 Å². The van der Waals surface area contributed by atoms with E-state index < -0.39 is 0 Å². The molecule has 0 radical (unpaired) electrons. The minimum absolute atomic E-state index is 0.618. The molecule has 0 aliphatic carbocycles. The van der Waals surface area contributed by atoms with Crippen molar-refractivity contribution < 1.29 is 14.4 Å². The van der Waals surface area contributed by atoms with Gasteiger partial charge in [-0.2, -0.15) is 0 Å². The van der Waals surface area contributed by atoms with Crippen molar-refractivity contribution in [3.8, 4) is 0 Å². The summed E-state index contributed by atoms with van der Waals surface area (Å²) in [7, 11) is 1.66. The quantitative estimate of drug-likeness (QED) is 0.518. The third-order valence-corrected chi connectivity index (χ3v) is 1.36. The summed E-state index contributed by atoms with van der Waals surface area (Å²) in [6.45, 7) is 6.77. The first-order valence-corrected chi connectivity index (χ1v) is 4.87. The van der Waals surface area contributed by atoms with Gasteiger partial charge in [0.15, 0.2) is 0 Å². The van der Waals surface area contributed by atoms with Gasteiger partial charge in [0.2, 0.25) is 0 Å². The molecule has 0 amide bonds. The highest BCUT2D eigenvalue weighted by atomic mass is 16.9. The van der Waals surface area contributed by atoms with Crippen LogP contribution in [-0.4, -0.2) is 38.7 Å². The van der Waals surface area contributed by atoms with Gasteiger partial charge in [0, 0.05) is 7.11 Å².